The summed E-state index contributed by atoms with van der Waals surface area (Å²) in [5.41, 5.74) is 0.748. The van der Waals surface area contributed by atoms with Crippen LogP contribution in [0.2, 0.25) is 0 Å². The maximum Gasteiger partial charge on any atom is 0.319 e. The minimum atomic E-state index is -0.169. The van der Waals surface area contributed by atoms with E-state index in [9.17, 15) is 4.79 Å². The summed E-state index contributed by atoms with van der Waals surface area (Å²) in [6.07, 6.45) is 0.962. The van der Waals surface area contributed by atoms with Crippen LogP contribution in [0.3, 0.4) is 0 Å². The molecule has 6 heteroatoms. The number of amides is 2. The number of nitrogens with one attached hydrogen (secondary N) is 2. The molecule has 0 aliphatic carbocycles. The number of carbonyl (C=O) groups is 1. The summed E-state index contributed by atoms with van der Waals surface area (Å²) in [6, 6.07) is 7.33. The van der Waals surface area contributed by atoms with E-state index in [2.05, 4.69) is 41.3 Å². The summed E-state index contributed by atoms with van der Waals surface area (Å²) in [5.74, 6) is 1.21. The number of hydrogen-bond acceptors (Lipinski definition) is 4. The van der Waals surface area contributed by atoms with Crippen molar-refractivity contribution in [1.29, 1.82) is 0 Å². The van der Waals surface area contributed by atoms with E-state index < -0.39 is 0 Å². The predicted molar refractivity (Wildman–Crippen MR) is 102 cm³/mol. The van der Waals surface area contributed by atoms with Gasteiger partial charge in [0.1, 0.15) is 5.75 Å². The van der Waals surface area contributed by atoms with Gasteiger partial charge in [0.2, 0.25) is 0 Å². The van der Waals surface area contributed by atoms with Crippen molar-refractivity contribution in [2.45, 2.75) is 20.3 Å². The molecule has 25 heavy (non-hydrogen) atoms. The van der Waals surface area contributed by atoms with Crippen molar-refractivity contribution >= 4 is 11.7 Å². The van der Waals surface area contributed by atoms with Crippen molar-refractivity contribution in [2.24, 2.45) is 5.92 Å². The highest BCUT2D eigenvalue weighted by Gasteiger charge is 2.16. The number of nitrogens with zero attached hydrogens (tertiary/aromatic N) is 2. The van der Waals surface area contributed by atoms with Crippen LogP contribution in [0.5, 0.6) is 5.75 Å². The molecule has 1 aromatic carbocycles. The topological polar surface area (TPSA) is 56.8 Å². The number of hydrogen-bond donors (Lipinski definition) is 2. The molecule has 1 aromatic rings. The summed E-state index contributed by atoms with van der Waals surface area (Å²) >= 11 is 0. The first-order chi connectivity index (χ1) is 12.1. The van der Waals surface area contributed by atoms with Gasteiger partial charge in [0.15, 0.2) is 0 Å². The Kier molecular flexibility index (Phi) is 8.01. The zero-order chi connectivity index (χ0) is 18.1. The van der Waals surface area contributed by atoms with Gasteiger partial charge >= 0.3 is 6.03 Å². The van der Waals surface area contributed by atoms with Crippen molar-refractivity contribution in [1.82, 2.24) is 15.1 Å². The van der Waals surface area contributed by atoms with E-state index in [1.165, 1.54) is 0 Å². The molecule has 0 radical (unpaired) electrons. The van der Waals surface area contributed by atoms with E-state index in [-0.39, 0.29) is 6.03 Å². The number of urea groups is 1. The molecule has 0 spiro atoms. The van der Waals surface area contributed by atoms with Crippen LogP contribution < -0.4 is 15.4 Å². The average molecular weight is 348 g/mol. The molecule has 0 unspecified atom stereocenters. The number of ether oxygens (including phenoxy) is 1. The molecule has 140 valence electrons. The number of likely N-dealkylation sites (N-methyl/N-ethyl adjacent to an activating group) is 1. The van der Waals surface area contributed by atoms with Crippen LogP contribution in [-0.4, -0.2) is 68.8 Å². The highest BCUT2D eigenvalue weighted by Crippen LogP contribution is 2.17. The van der Waals surface area contributed by atoms with Crippen molar-refractivity contribution in [2.75, 3.05) is 58.2 Å². The van der Waals surface area contributed by atoms with Crippen LogP contribution in [0.4, 0.5) is 10.5 Å². The normalized spacial score (nSPS) is 17.1. The smallest absolute Gasteiger partial charge is 0.319 e. The van der Waals surface area contributed by atoms with Crippen molar-refractivity contribution in [3.63, 3.8) is 0 Å². The van der Waals surface area contributed by atoms with Gasteiger partial charge in [0, 0.05) is 51.0 Å². The summed E-state index contributed by atoms with van der Waals surface area (Å²) in [6.45, 7) is 11.1. The number of rotatable bonds is 8. The maximum absolute atomic E-state index is 12.1. The third-order valence-electron chi connectivity index (χ3n) is 4.34. The molecule has 2 amide bonds. The fraction of sp³-hybridized carbons (Fsp3) is 0.632. The molecule has 1 atom stereocenters. The van der Waals surface area contributed by atoms with Gasteiger partial charge in [0.25, 0.3) is 0 Å². The van der Waals surface area contributed by atoms with Crippen LogP contribution in [0.25, 0.3) is 0 Å². The van der Waals surface area contributed by atoms with E-state index in [4.69, 9.17) is 4.74 Å². The van der Waals surface area contributed by atoms with Gasteiger partial charge in [-0.25, -0.2) is 4.79 Å². The lowest BCUT2D eigenvalue weighted by Crippen LogP contribution is -2.47. The van der Waals surface area contributed by atoms with Gasteiger partial charge in [-0.1, -0.05) is 19.9 Å². The first kappa shape index (κ1) is 19.5. The lowest BCUT2D eigenvalue weighted by molar-refractivity contribution is 0.138. The Morgan fingerprint density at radius 3 is 2.76 bits per heavy atom. The second-order valence-electron chi connectivity index (χ2n) is 6.92. The second-order valence-corrected chi connectivity index (χ2v) is 6.92. The highest BCUT2D eigenvalue weighted by molar-refractivity contribution is 5.89. The zero-order valence-electron chi connectivity index (χ0n) is 15.8. The van der Waals surface area contributed by atoms with Gasteiger partial charge in [0.05, 0.1) is 6.61 Å². The number of piperazine rings is 1. The molecule has 1 heterocycles. The Bertz CT molecular complexity index is 530. The first-order valence-electron chi connectivity index (χ1n) is 9.25. The van der Waals surface area contributed by atoms with Crippen LogP contribution in [-0.2, 0) is 0 Å². The van der Waals surface area contributed by atoms with Gasteiger partial charge < -0.3 is 25.2 Å². The fourth-order valence-corrected chi connectivity index (χ4v) is 2.86. The van der Waals surface area contributed by atoms with Gasteiger partial charge in [-0.2, -0.15) is 0 Å². The zero-order valence-corrected chi connectivity index (χ0v) is 15.8. The Morgan fingerprint density at radius 2 is 2.04 bits per heavy atom. The monoisotopic (exact) mass is 348 g/mol. The highest BCUT2D eigenvalue weighted by atomic mass is 16.5. The minimum Gasteiger partial charge on any atom is -0.494 e. The molecule has 1 saturated heterocycles. The molecule has 1 aliphatic rings. The quantitative estimate of drug-likeness (QED) is 0.758. The average Bonchev–Trinajstić information content (AvgIpc) is 2.60. The summed E-state index contributed by atoms with van der Waals surface area (Å²) < 4.78 is 5.59. The van der Waals surface area contributed by atoms with Crippen molar-refractivity contribution < 1.29 is 9.53 Å². The fourth-order valence-electron chi connectivity index (χ4n) is 2.86. The third-order valence-corrected chi connectivity index (χ3v) is 4.34. The minimum absolute atomic E-state index is 0.169. The summed E-state index contributed by atoms with van der Waals surface area (Å²) in [5, 5.41) is 5.84. The second kappa shape index (κ2) is 10.3. The molecular weight excluding hydrogens is 316 g/mol. The Morgan fingerprint density at radius 1 is 1.28 bits per heavy atom. The third kappa shape index (κ3) is 7.32. The van der Waals surface area contributed by atoms with Crippen LogP contribution in [0.15, 0.2) is 24.3 Å². The molecule has 0 bridgehead atoms. The van der Waals surface area contributed by atoms with E-state index in [1.807, 2.05) is 24.3 Å². The number of carbonyl (C=O) groups excluding carboxylic acids is 1. The van der Waals surface area contributed by atoms with Crippen molar-refractivity contribution in [3.8, 4) is 5.75 Å². The van der Waals surface area contributed by atoms with Crippen LogP contribution in [0.1, 0.15) is 20.3 Å². The van der Waals surface area contributed by atoms with Gasteiger partial charge in [-0.3, -0.25) is 0 Å². The number of benzene rings is 1. The largest absolute Gasteiger partial charge is 0.494 e. The molecule has 0 saturated carbocycles. The Labute approximate surface area is 151 Å². The molecule has 2 rings (SSSR count). The summed E-state index contributed by atoms with van der Waals surface area (Å²) in [7, 11) is 2.16. The molecule has 0 aromatic heterocycles. The van der Waals surface area contributed by atoms with E-state index in [0.717, 1.165) is 50.6 Å². The molecular formula is C19H32N4O2. The molecule has 6 nitrogen and oxygen atoms in total. The lowest BCUT2D eigenvalue weighted by Gasteiger charge is -2.33. The SMILES string of the molecule is CCCOc1cccc(NC(=O)NC[C@H](C)CN2CCN(C)CC2)c1. The number of anilines is 1. The van der Waals surface area contributed by atoms with E-state index >= 15 is 0 Å². The standard InChI is InChI=1S/C19H32N4O2/c1-4-12-25-18-7-5-6-17(13-18)21-19(24)20-14-16(2)15-23-10-8-22(3)9-11-23/h5-7,13,16H,4,8-12,14-15H2,1-3H3,(H2,20,21,24)/t16-/m0/s1. The lowest BCUT2D eigenvalue weighted by atomic mass is 10.1. The van der Waals surface area contributed by atoms with Gasteiger partial charge in [-0.15, -0.1) is 0 Å². The van der Waals surface area contributed by atoms with Crippen LogP contribution in [0, 0.1) is 5.92 Å². The van der Waals surface area contributed by atoms with Gasteiger partial charge in [-0.05, 0) is 31.5 Å². The molecule has 2 N–H and O–H groups in total. The maximum atomic E-state index is 12.1. The molecule has 1 aliphatic heterocycles. The first-order valence-corrected chi connectivity index (χ1v) is 9.25. The molecule has 1 fully saturated rings. The predicted octanol–water partition coefficient (Wildman–Crippen LogP) is 2.48. The summed E-state index contributed by atoms with van der Waals surface area (Å²) in [4.78, 5) is 16.9. The Hall–Kier alpha value is -1.79. The van der Waals surface area contributed by atoms with E-state index in [0.29, 0.717) is 19.1 Å². The van der Waals surface area contributed by atoms with E-state index in [1.54, 1.807) is 0 Å². The van der Waals surface area contributed by atoms with Crippen LogP contribution >= 0.6 is 0 Å². The van der Waals surface area contributed by atoms with Crippen molar-refractivity contribution in [3.05, 3.63) is 24.3 Å². The Balaban J connectivity index is 1.69.